The molecule has 0 saturated heterocycles. The van der Waals surface area contributed by atoms with Gasteiger partial charge in [0.2, 0.25) is 0 Å². The standard InChI is InChI=1S/C5H14NO.ClH/c1-6(2,3)4-5-7;/h7H,4-5H2,1-3H3;1H/q+1;/p-1/i5+2;. The van der Waals surface area contributed by atoms with Crippen LogP contribution in [0.1, 0.15) is 0 Å². The Kier molecular flexibility index (Phi) is 5.71. The van der Waals surface area contributed by atoms with E-state index in [1.807, 2.05) is 0 Å². The Bertz CT molecular complexity index is 50.9. The van der Waals surface area contributed by atoms with Crippen LogP contribution in [0.3, 0.4) is 0 Å². The van der Waals surface area contributed by atoms with Gasteiger partial charge in [0.15, 0.2) is 0 Å². The molecule has 0 aliphatic carbocycles. The summed E-state index contributed by atoms with van der Waals surface area (Å²) in [6.45, 7) is 1.11. The fraction of sp³-hybridized carbons (Fsp3) is 1.00. The first-order chi connectivity index (χ1) is 3.06. The van der Waals surface area contributed by atoms with Crippen molar-refractivity contribution in [3.8, 4) is 0 Å². The van der Waals surface area contributed by atoms with E-state index in [2.05, 4.69) is 21.1 Å². The Hall–Kier alpha value is 0.210. The maximum Gasteiger partial charge on any atom is 0.101 e. The summed E-state index contributed by atoms with van der Waals surface area (Å²) in [7, 11) is 6.16. The summed E-state index contributed by atoms with van der Waals surface area (Å²) in [4.78, 5) is 0. The van der Waals surface area contributed by atoms with Crippen LogP contribution in [0.2, 0.25) is 0 Å². The summed E-state index contributed by atoms with van der Waals surface area (Å²) in [6, 6.07) is 0. The summed E-state index contributed by atoms with van der Waals surface area (Å²) in [6.07, 6.45) is 0. The van der Waals surface area contributed by atoms with Crippen molar-refractivity contribution in [2.45, 2.75) is 0 Å². The molecule has 2 nitrogen and oxygen atoms in total. The van der Waals surface area contributed by atoms with Gasteiger partial charge >= 0.3 is 0 Å². The Labute approximate surface area is 57.1 Å². The Morgan fingerprint density at radius 1 is 1.38 bits per heavy atom. The van der Waals surface area contributed by atoms with Crippen LogP contribution in [0.25, 0.3) is 0 Å². The molecule has 0 rings (SSSR count). The maximum atomic E-state index is 8.39. The number of quaternary nitrogens is 1. The van der Waals surface area contributed by atoms with Gasteiger partial charge < -0.3 is 22.0 Å². The van der Waals surface area contributed by atoms with Crippen LogP contribution < -0.4 is 12.4 Å². The summed E-state index contributed by atoms with van der Waals surface area (Å²) in [5.41, 5.74) is 0. The molecule has 1 N–H and O–H groups in total. The van der Waals surface area contributed by atoms with Crippen molar-refractivity contribution in [2.75, 3.05) is 34.3 Å². The monoisotopic (exact) mass is 141 g/mol. The van der Waals surface area contributed by atoms with Gasteiger partial charge in [-0.2, -0.15) is 0 Å². The molecule has 0 unspecified atom stereocenters. The lowest BCUT2D eigenvalue weighted by Crippen LogP contribution is -3.00. The van der Waals surface area contributed by atoms with Gasteiger partial charge in [-0.05, 0) is 0 Å². The van der Waals surface area contributed by atoms with Crippen molar-refractivity contribution in [1.29, 1.82) is 0 Å². The molecule has 0 atom stereocenters. The Balaban J connectivity index is 0. The zero-order chi connectivity index (χ0) is 5.91. The lowest BCUT2D eigenvalue weighted by atomic mass is 10.7. The van der Waals surface area contributed by atoms with E-state index in [-0.39, 0.29) is 19.0 Å². The lowest BCUT2D eigenvalue weighted by Gasteiger charge is -2.21. The molecule has 0 aromatic carbocycles. The molecule has 0 aromatic rings. The third kappa shape index (κ3) is 9.51. The van der Waals surface area contributed by atoms with Crippen molar-refractivity contribution in [3.05, 3.63) is 0 Å². The number of aliphatic hydroxyl groups excluding tert-OH is 1. The number of aliphatic hydroxyl groups is 1. The average Bonchev–Trinajstić information content (AvgIpc) is 1.30. The van der Waals surface area contributed by atoms with E-state index in [0.29, 0.717) is 0 Å². The number of hydrogen-bond donors (Lipinski definition) is 1. The van der Waals surface area contributed by atoms with Gasteiger partial charge in [0.25, 0.3) is 0 Å². The van der Waals surface area contributed by atoms with Crippen molar-refractivity contribution in [1.82, 2.24) is 0 Å². The zero-order valence-electron chi connectivity index (χ0n) is 5.69. The molecule has 0 radical (unpaired) electrons. The second kappa shape index (κ2) is 4.13. The number of likely N-dealkylation sites (N-methyl/N-ethyl adjacent to an activating group) is 1. The van der Waals surface area contributed by atoms with Gasteiger partial charge in [-0.25, -0.2) is 0 Å². The summed E-state index contributed by atoms with van der Waals surface area (Å²) in [5, 5.41) is 8.39. The van der Waals surface area contributed by atoms with Crippen molar-refractivity contribution in [3.63, 3.8) is 0 Å². The molecule has 0 aliphatic heterocycles. The number of hydrogen-bond acceptors (Lipinski definition) is 1. The maximum absolute atomic E-state index is 8.39. The van der Waals surface area contributed by atoms with Crippen LogP contribution in [-0.4, -0.2) is 43.9 Å². The fourth-order valence-electron chi connectivity index (χ4n) is 0.300. The highest BCUT2D eigenvalue weighted by Gasteiger charge is 2.02. The van der Waals surface area contributed by atoms with Crippen LogP contribution >= 0.6 is 0 Å². The predicted octanol–water partition coefficient (Wildman–Crippen LogP) is -3.31. The van der Waals surface area contributed by atoms with Crippen molar-refractivity contribution in [2.24, 2.45) is 0 Å². The summed E-state index contributed by atoms with van der Waals surface area (Å²) in [5.74, 6) is 0. The average molecular weight is 142 g/mol. The molecule has 0 spiro atoms. The highest BCUT2D eigenvalue weighted by Crippen LogP contribution is 1.84. The summed E-state index contributed by atoms with van der Waals surface area (Å²) >= 11 is 0. The molecule has 0 fully saturated rings. The smallest absolute Gasteiger partial charge is 0.101 e. The lowest BCUT2D eigenvalue weighted by molar-refractivity contribution is -0.870. The molecule has 0 heterocycles. The van der Waals surface area contributed by atoms with E-state index in [1.54, 1.807) is 0 Å². The highest BCUT2D eigenvalue weighted by atomic mass is 35.5. The number of nitrogens with zero attached hydrogens (tertiary/aromatic N) is 1. The van der Waals surface area contributed by atoms with E-state index in [9.17, 15) is 0 Å². The minimum Gasteiger partial charge on any atom is -1.00 e. The van der Waals surface area contributed by atoms with Gasteiger partial charge in [-0.1, -0.05) is 0 Å². The fourth-order valence-corrected chi connectivity index (χ4v) is 0.300. The molecule has 8 heavy (non-hydrogen) atoms. The third-order valence-electron chi connectivity index (χ3n) is 0.771. The first kappa shape index (κ1) is 11.1. The first-order valence-corrected chi connectivity index (χ1v) is 2.47. The van der Waals surface area contributed by atoms with Crippen LogP contribution in [0, 0.1) is 0 Å². The first-order valence-electron chi connectivity index (χ1n) is 2.47. The van der Waals surface area contributed by atoms with E-state index in [0.717, 1.165) is 11.0 Å². The molecule has 3 heteroatoms. The van der Waals surface area contributed by atoms with Gasteiger partial charge in [0, 0.05) is 0 Å². The van der Waals surface area contributed by atoms with Gasteiger partial charge in [-0.3, -0.25) is 0 Å². The van der Waals surface area contributed by atoms with Gasteiger partial charge in [-0.15, -0.1) is 0 Å². The number of rotatable bonds is 2. The van der Waals surface area contributed by atoms with Crippen LogP contribution in [-0.2, 0) is 0 Å². The van der Waals surface area contributed by atoms with E-state index in [4.69, 9.17) is 5.11 Å². The van der Waals surface area contributed by atoms with E-state index in [1.165, 1.54) is 0 Å². The van der Waals surface area contributed by atoms with E-state index >= 15 is 0 Å². The minimum absolute atomic E-state index is 0. The normalized spacial score (nSPS) is 10.5. The van der Waals surface area contributed by atoms with E-state index < -0.39 is 0 Å². The second-order valence-electron chi connectivity index (χ2n) is 2.74. The zero-order valence-corrected chi connectivity index (χ0v) is 6.44. The van der Waals surface area contributed by atoms with Crippen molar-refractivity contribution >= 4 is 0 Å². The van der Waals surface area contributed by atoms with Gasteiger partial charge in [0.1, 0.15) is 6.54 Å². The second-order valence-corrected chi connectivity index (χ2v) is 2.74. The number of halogens is 1. The highest BCUT2D eigenvalue weighted by molar-refractivity contribution is 4.19. The van der Waals surface area contributed by atoms with Crippen LogP contribution in [0.4, 0.5) is 0 Å². The molecule has 0 aromatic heterocycles. The predicted molar refractivity (Wildman–Crippen MR) is 30.0 cm³/mol. The SMILES string of the molecule is C[N+](C)(C)C[14CH2]O.[Cl-]. The largest absolute Gasteiger partial charge is 1.00 e. The molecular formula is C5H14ClNO. The molecule has 52 valence electrons. The summed E-state index contributed by atoms with van der Waals surface area (Å²) < 4.78 is 0.844. The van der Waals surface area contributed by atoms with Crippen LogP contribution in [0.5, 0.6) is 0 Å². The quantitative estimate of drug-likeness (QED) is 0.400. The van der Waals surface area contributed by atoms with Gasteiger partial charge in [0.05, 0.1) is 27.7 Å². The Morgan fingerprint density at radius 3 is 1.75 bits per heavy atom. The molecule has 0 saturated carbocycles. The minimum atomic E-state index is 0. The molecule has 0 aliphatic rings. The third-order valence-corrected chi connectivity index (χ3v) is 0.771. The topological polar surface area (TPSA) is 20.2 Å². The Morgan fingerprint density at radius 2 is 1.75 bits per heavy atom. The molecule has 0 amide bonds. The molecular weight excluding hydrogens is 128 g/mol. The van der Waals surface area contributed by atoms with Crippen LogP contribution in [0.15, 0.2) is 0 Å². The van der Waals surface area contributed by atoms with Crippen molar-refractivity contribution < 1.29 is 22.0 Å². The molecule has 0 bridgehead atoms.